The molecule has 0 saturated heterocycles. The summed E-state index contributed by atoms with van der Waals surface area (Å²) in [6, 6.07) is 4.14. The fourth-order valence-electron chi connectivity index (χ4n) is 2.42. The van der Waals surface area contributed by atoms with Crippen molar-refractivity contribution in [1.82, 2.24) is 14.8 Å². The normalized spacial score (nSPS) is 11.9. The van der Waals surface area contributed by atoms with Gasteiger partial charge in [0.2, 0.25) is 0 Å². The van der Waals surface area contributed by atoms with E-state index in [0.717, 1.165) is 17.1 Å². The van der Waals surface area contributed by atoms with Gasteiger partial charge in [0, 0.05) is 6.54 Å². The van der Waals surface area contributed by atoms with E-state index in [-0.39, 0.29) is 5.41 Å². The van der Waals surface area contributed by atoms with Gasteiger partial charge in [-0.3, -0.25) is 9.67 Å². The number of rotatable bonds is 7. The molecule has 5 heteroatoms. The van der Waals surface area contributed by atoms with E-state index in [1.807, 2.05) is 0 Å². The molecular weight excluding hydrogens is 286 g/mol. The van der Waals surface area contributed by atoms with Crippen molar-refractivity contribution in [3.63, 3.8) is 0 Å². The molecule has 0 unspecified atom stereocenters. The molecule has 2 aromatic heterocycles. The Morgan fingerprint density at radius 3 is 2.85 bits per heavy atom. The van der Waals surface area contributed by atoms with Gasteiger partial charge in [0.1, 0.15) is 0 Å². The van der Waals surface area contributed by atoms with Crippen LogP contribution in [-0.2, 0) is 6.54 Å². The maximum atomic E-state index is 5.40. The van der Waals surface area contributed by atoms with Crippen molar-refractivity contribution in [2.24, 2.45) is 5.41 Å². The molecule has 1 N–H and O–H groups in total. The lowest BCUT2D eigenvalue weighted by molar-refractivity contribution is 0.271. The zero-order valence-electron chi connectivity index (χ0n) is 12.5. The van der Waals surface area contributed by atoms with Crippen molar-refractivity contribution >= 4 is 23.6 Å². The first kappa shape index (κ1) is 15.4. The molecule has 0 fully saturated rings. The second-order valence-electron chi connectivity index (χ2n) is 6.04. The first-order valence-corrected chi connectivity index (χ1v) is 8.51. The van der Waals surface area contributed by atoms with E-state index in [1.165, 1.54) is 30.6 Å². The van der Waals surface area contributed by atoms with Gasteiger partial charge in [-0.25, -0.2) is 0 Å². The molecule has 20 heavy (non-hydrogen) atoms. The molecule has 0 aliphatic heterocycles. The smallest absolute Gasteiger partial charge is 0.195 e. The summed E-state index contributed by atoms with van der Waals surface area (Å²) in [5.74, 6) is 0.966. The Labute approximate surface area is 130 Å². The molecule has 0 aromatic carbocycles. The Morgan fingerprint density at radius 2 is 2.20 bits per heavy atom. The summed E-state index contributed by atoms with van der Waals surface area (Å²) in [5.41, 5.74) is 0.239. The van der Waals surface area contributed by atoms with Crippen LogP contribution >= 0.6 is 23.6 Å². The predicted octanol–water partition coefficient (Wildman–Crippen LogP) is 5.28. The highest BCUT2D eigenvalue weighted by Gasteiger charge is 2.21. The van der Waals surface area contributed by atoms with E-state index < -0.39 is 0 Å². The van der Waals surface area contributed by atoms with Gasteiger partial charge in [-0.05, 0) is 35.5 Å². The maximum absolute atomic E-state index is 5.40. The van der Waals surface area contributed by atoms with Crippen LogP contribution in [0.5, 0.6) is 0 Å². The Morgan fingerprint density at radius 1 is 1.40 bits per heavy atom. The summed E-state index contributed by atoms with van der Waals surface area (Å²) in [4.78, 5) is 1.17. The van der Waals surface area contributed by atoms with Crippen molar-refractivity contribution in [2.75, 3.05) is 0 Å². The molecule has 0 atom stereocenters. The van der Waals surface area contributed by atoms with Gasteiger partial charge in [0.25, 0.3) is 0 Å². The van der Waals surface area contributed by atoms with E-state index in [2.05, 4.69) is 53.0 Å². The Kier molecular flexibility index (Phi) is 5.16. The van der Waals surface area contributed by atoms with Gasteiger partial charge >= 0.3 is 0 Å². The van der Waals surface area contributed by atoms with Gasteiger partial charge in [-0.2, -0.15) is 5.10 Å². The molecule has 0 saturated carbocycles. The molecule has 0 aliphatic rings. The van der Waals surface area contributed by atoms with Gasteiger partial charge in [-0.1, -0.05) is 46.1 Å². The summed E-state index contributed by atoms with van der Waals surface area (Å²) in [7, 11) is 0. The van der Waals surface area contributed by atoms with E-state index in [0.29, 0.717) is 0 Å². The van der Waals surface area contributed by atoms with Crippen LogP contribution in [0.3, 0.4) is 0 Å². The topological polar surface area (TPSA) is 33.6 Å². The molecule has 2 rings (SSSR count). The Bertz CT molecular complexity index is 579. The van der Waals surface area contributed by atoms with Crippen molar-refractivity contribution in [3.05, 3.63) is 22.3 Å². The second kappa shape index (κ2) is 6.68. The number of aromatic amines is 1. The minimum Gasteiger partial charge on any atom is -0.299 e. The zero-order valence-corrected chi connectivity index (χ0v) is 14.1. The fraction of sp³-hybridized carbons (Fsp3) is 0.600. The van der Waals surface area contributed by atoms with Crippen LogP contribution in [0.2, 0.25) is 0 Å². The maximum Gasteiger partial charge on any atom is 0.195 e. The van der Waals surface area contributed by atoms with Crippen LogP contribution in [0, 0.1) is 10.2 Å². The lowest BCUT2D eigenvalue weighted by Crippen LogP contribution is -2.20. The minimum atomic E-state index is 0.239. The first-order valence-electron chi connectivity index (χ1n) is 7.22. The molecule has 0 amide bonds. The van der Waals surface area contributed by atoms with Crippen LogP contribution in [0.25, 0.3) is 10.7 Å². The fourth-order valence-corrected chi connectivity index (χ4v) is 3.34. The number of aromatic nitrogens is 3. The monoisotopic (exact) mass is 309 g/mol. The number of hydrogen-bond donors (Lipinski definition) is 1. The predicted molar refractivity (Wildman–Crippen MR) is 88.6 cm³/mol. The number of nitrogens with one attached hydrogen (secondary N) is 1. The summed E-state index contributed by atoms with van der Waals surface area (Å²) in [5, 5.41) is 9.41. The largest absolute Gasteiger partial charge is 0.299 e. The molecule has 2 heterocycles. The molecule has 2 aromatic rings. The number of nitrogens with zero attached hydrogens (tertiary/aromatic N) is 2. The molecular formula is C15H23N3S2. The lowest BCUT2D eigenvalue weighted by Gasteiger charge is -2.25. The number of H-pyrrole nitrogens is 1. The van der Waals surface area contributed by atoms with Crippen molar-refractivity contribution in [2.45, 2.75) is 53.0 Å². The van der Waals surface area contributed by atoms with Gasteiger partial charge in [0.05, 0.1) is 4.88 Å². The molecule has 0 spiro atoms. The zero-order chi connectivity index (χ0) is 14.6. The van der Waals surface area contributed by atoms with Crippen LogP contribution in [-0.4, -0.2) is 14.8 Å². The molecule has 0 bridgehead atoms. The molecule has 0 radical (unpaired) electrons. The van der Waals surface area contributed by atoms with Gasteiger partial charge < -0.3 is 0 Å². The highest BCUT2D eigenvalue weighted by molar-refractivity contribution is 7.71. The van der Waals surface area contributed by atoms with E-state index in [1.54, 1.807) is 11.3 Å². The van der Waals surface area contributed by atoms with Crippen LogP contribution < -0.4 is 0 Å². The third-order valence-electron chi connectivity index (χ3n) is 3.54. The van der Waals surface area contributed by atoms with Crippen molar-refractivity contribution < 1.29 is 0 Å². The average Bonchev–Trinajstić information content (AvgIpc) is 3.01. The number of hydrogen-bond acceptors (Lipinski definition) is 3. The van der Waals surface area contributed by atoms with Gasteiger partial charge in [0.15, 0.2) is 10.6 Å². The summed E-state index contributed by atoms with van der Waals surface area (Å²) in [6.45, 7) is 7.79. The van der Waals surface area contributed by atoms with Crippen LogP contribution in [0.1, 0.15) is 46.5 Å². The van der Waals surface area contributed by atoms with E-state index in [9.17, 15) is 0 Å². The summed E-state index contributed by atoms with van der Waals surface area (Å²) >= 11 is 7.10. The summed E-state index contributed by atoms with van der Waals surface area (Å²) in [6.07, 6.45) is 5.07. The third-order valence-corrected chi connectivity index (χ3v) is 4.72. The summed E-state index contributed by atoms with van der Waals surface area (Å²) < 4.78 is 2.87. The van der Waals surface area contributed by atoms with Gasteiger partial charge in [-0.15, -0.1) is 11.3 Å². The SMILES string of the molecule is CCCCCC(C)(C)Cn1c(-c2cccs2)n[nH]c1=S. The molecule has 3 nitrogen and oxygen atoms in total. The highest BCUT2D eigenvalue weighted by Crippen LogP contribution is 2.30. The number of thiophene rings is 1. The Hall–Kier alpha value is -0.940. The molecule has 0 aliphatic carbocycles. The van der Waals surface area contributed by atoms with E-state index in [4.69, 9.17) is 12.2 Å². The highest BCUT2D eigenvalue weighted by atomic mass is 32.1. The quantitative estimate of drug-likeness (QED) is 0.558. The average molecular weight is 310 g/mol. The van der Waals surface area contributed by atoms with Crippen molar-refractivity contribution in [3.8, 4) is 10.7 Å². The Balaban J connectivity index is 2.17. The second-order valence-corrected chi connectivity index (χ2v) is 7.37. The van der Waals surface area contributed by atoms with Crippen LogP contribution in [0.4, 0.5) is 0 Å². The lowest BCUT2D eigenvalue weighted by atomic mass is 9.87. The number of unbranched alkanes of at least 4 members (excludes halogenated alkanes) is 2. The minimum absolute atomic E-state index is 0.239. The standard InChI is InChI=1S/C15H23N3S2/c1-4-5-6-9-15(2,3)11-18-13(16-17-14(18)19)12-8-7-10-20-12/h7-8,10H,4-6,9,11H2,1-3H3,(H,17,19). The van der Waals surface area contributed by atoms with Crippen molar-refractivity contribution in [1.29, 1.82) is 0 Å². The van der Waals surface area contributed by atoms with Crippen LogP contribution in [0.15, 0.2) is 17.5 Å². The third kappa shape index (κ3) is 3.79. The van der Waals surface area contributed by atoms with E-state index >= 15 is 0 Å². The molecule has 110 valence electrons. The first-order chi connectivity index (χ1) is 9.53.